The highest BCUT2D eigenvalue weighted by atomic mass is 16.2. The van der Waals surface area contributed by atoms with E-state index in [9.17, 15) is 14.4 Å². The number of nitrogens with zero attached hydrogens (tertiary/aromatic N) is 3. The number of hydrogen-bond donors (Lipinski definition) is 1. The van der Waals surface area contributed by atoms with Crippen LogP contribution in [0.5, 0.6) is 0 Å². The molecule has 1 aliphatic heterocycles. The van der Waals surface area contributed by atoms with Crippen LogP contribution in [0, 0.1) is 0 Å². The summed E-state index contributed by atoms with van der Waals surface area (Å²) in [4.78, 5) is 40.3. The molecule has 0 aliphatic carbocycles. The molecule has 0 radical (unpaired) electrons. The van der Waals surface area contributed by atoms with Crippen LogP contribution in [0.1, 0.15) is 56.0 Å². The lowest BCUT2D eigenvalue weighted by atomic mass is 10.1. The number of carbonyl (C=O) groups excluding carboxylic acids is 1. The number of hydrogen-bond acceptors (Lipinski definition) is 5. The number of benzene rings is 1. The number of fused-ring (bicyclic) bond motifs is 1. The zero-order valence-electron chi connectivity index (χ0n) is 18.2. The summed E-state index contributed by atoms with van der Waals surface area (Å²) >= 11 is 0. The minimum atomic E-state index is -0.562. The Morgan fingerprint density at radius 2 is 1.60 bits per heavy atom. The summed E-state index contributed by atoms with van der Waals surface area (Å²) < 4.78 is 2.47. The van der Waals surface area contributed by atoms with Gasteiger partial charge in [-0.15, -0.1) is 0 Å². The lowest BCUT2D eigenvalue weighted by Crippen LogP contribution is -2.40. The number of ketones is 1. The summed E-state index contributed by atoms with van der Waals surface area (Å²) in [7, 11) is 1.41. The summed E-state index contributed by atoms with van der Waals surface area (Å²) in [6.45, 7) is 8.71. The molecule has 1 N–H and O–H groups in total. The van der Waals surface area contributed by atoms with Crippen LogP contribution >= 0.6 is 0 Å². The highest BCUT2D eigenvalue weighted by Crippen LogP contribution is 2.26. The van der Waals surface area contributed by atoms with E-state index in [1.807, 2.05) is 19.1 Å². The van der Waals surface area contributed by atoms with E-state index in [1.165, 1.54) is 11.6 Å². The Hall–Kier alpha value is -3.09. The van der Waals surface area contributed by atoms with Crippen LogP contribution in [-0.4, -0.2) is 28.0 Å². The predicted octanol–water partition coefficient (Wildman–Crippen LogP) is 3.23. The SMILES string of the molecule is CCCN(CCC)c1ccc(/C=C2\Nc3c(c(=O)n(C)c(=O)n3CCC)C2=O)cc1. The zero-order chi connectivity index (χ0) is 21.8. The quantitative estimate of drug-likeness (QED) is 0.676. The van der Waals surface area contributed by atoms with Gasteiger partial charge in [-0.05, 0) is 43.0 Å². The molecule has 3 rings (SSSR count). The summed E-state index contributed by atoms with van der Waals surface area (Å²) in [5, 5.41) is 3.02. The molecule has 2 aromatic rings. The van der Waals surface area contributed by atoms with E-state index in [2.05, 4.69) is 36.2 Å². The lowest BCUT2D eigenvalue weighted by molar-refractivity contribution is 0.104. The Labute approximate surface area is 176 Å². The number of nitrogens with one attached hydrogen (secondary N) is 1. The van der Waals surface area contributed by atoms with Crippen molar-refractivity contribution in [1.29, 1.82) is 0 Å². The van der Waals surface area contributed by atoms with E-state index in [0.29, 0.717) is 24.5 Å². The summed E-state index contributed by atoms with van der Waals surface area (Å²) in [6, 6.07) is 8.04. The van der Waals surface area contributed by atoms with Crippen LogP contribution < -0.4 is 21.5 Å². The highest BCUT2D eigenvalue weighted by Gasteiger charge is 2.32. The first-order valence-electron chi connectivity index (χ1n) is 10.6. The van der Waals surface area contributed by atoms with E-state index in [-0.39, 0.29) is 11.3 Å². The second kappa shape index (κ2) is 9.15. The van der Waals surface area contributed by atoms with Crippen molar-refractivity contribution in [3.63, 3.8) is 0 Å². The van der Waals surface area contributed by atoms with Gasteiger partial charge in [0.25, 0.3) is 5.56 Å². The van der Waals surface area contributed by atoms with Crippen molar-refractivity contribution >= 4 is 23.4 Å². The van der Waals surface area contributed by atoms with Crippen LogP contribution in [0.2, 0.25) is 0 Å². The summed E-state index contributed by atoms with van der Waals surface area (Å²) in [6.07, 6.45) is 4.61. The molecule has 30 heavy (non-hydrogen) atoms. The molecule has 160 valence electrons. The summed E-state index contributed by atoms with van der Waals surface area (Å²) in [5.41, 5.74) is 1.37. The Balaban J connectivity index is 1.95. The molecule has 7 nitrogen and oxygen atoms in total. The Kier molecular flexibility index (Phi) is 6.59. The molecule has 1 aromatic carbocycles. The fourth-order valence-corrected chi connectivity index (χ4v) is 3.81. The zero-order valence-corrected chi connectivity index (χ0v) is 18.2. The number of anilines is 2. The molecular formula is C23H30N4O3. The second-order valence-corrected chi connectivity index (χ2v) is 7.61. The van der Waals surface area contributed by atoms with Crippen LogP contribution in [0.3, 0.4) is 0 Å². The smallest absolute Gasteiger partial charge is 0.332 e. The van der Waals surface area contributed by atoms with E-state index >= 15 is 0 Å². The lowest BCUT2D eigenvalue weighted by Gasteiger charge is -2.23. The minimum absolute atomic E-state index is 0.0329. The van der Waals surface area contributed by atoms with Crippen molar-refractivity contribution in [1.82, 2.24) is 9.13 Å². The standard InChI is InChI=1S/C23H30N4O3/c1-5-12-26(13-6-2)17-10-8-16(9-11-17)15-18-20(28)19-21(24-18)27(14-7-3)23(30)25(4)22(19)29/h8-11,15,24H,5-7,12-14H2,1-4H3/b18-15-. The fraction of sp³-hybridized carbons (Fsp3) is 0.435. The monoisotopic (exact) mass is 410 g/mol. The fourth-order valence-electron chi connectivity index (χ4n) is 3.81. The average molecular weight is 411 g/mol. The molecule has 0 spiro atoms. The Morgan fingerprint density at radius 1 is 0.967 bits per heavy atom. The first kappa shape index (κ1) is 21.6. The number of carbonyl (C=O) groups is 1. The first-order valence-corrected chi connectivity index (χ1v) is 10.6. The molecule has 0 saturated carbocycles. The molecule has 1 aliphatic rings. The molecule has 0 unspecified atom stereocenters. The van der Waals surface area contributed by atoms with Crippen LogP contribution in [0.4, 0.5) is 11.5 Å². The van der Waals surface area contributed by atoms with Crippen molar-refractivity contribution < 1.29 is 4.79 Å². The molecule has 0 amide bonds. The molecule has 7 heteroatoms. The third-order valence-electron chi connectivity index (χ3n) is 5.27. The third kappa shape index (κ3) is 3.97. The van der Waals surface area contributed by atoms with Crippen molar-refractivity contribution in [3.8, 4) is 0 Å². The Morgan fingerprint density at radius 3 is 2.17 bits per heavy atom. The van der Waals surface area contributed by atoms with E-state index < -0.39 is 11.2 Å². The Bertz CT molecular complexity index is 1070. The first-order chi connectivity index (χ1) is 14.4. The van der Waals surface area contributed by atoms with Gasteiger partial charge in [0, 0.05) is 32.4 Å². The van der Waals surface area contributed by atoms with E-state index in [0.717, 1.165) is 41.7 Å². The van der Waals surface area contributed by atoms with E-state index in [4.69, 9.17) is 0 Å². The number of rotatable bonds is 8. The maximum Gasteiger partial charge on any atom is 0.332 e. The molecule has 0 saturated heterocycles. The molecule has 2 heterocycles. The topological polar surface area (TPSA) is 76.3 Å². The van der Waals surface area contributed by atoms with Gasteiger partial charge in [0.15, 0.2) is 0 Å². The van der Waals surface area contributed by atoms with Gasteiger partial charge in [-0.1, -0.05) is 32.9 Å². The highest BCUT2D eigenvalue weighted by molar-refractivity contribution is 6.19. The minimum Gasteiger partial charge on any atom is -0.372 e. The van der Waals surface area contributed by atoms with Gasteiger partial charge >= 0.3 is 5.69 Å². The van der Waals surface area contributed by atoms with Crippen molar-refractivity contribution in [2.75, 3.05) is 23.3 Å². The second-order valence-electron chi connectivity index (χ2n) is 7.61. The molecule has 0 fully saturated rings. The maximum atomic E-state index is 12.9. The van der Waals surface area contributed by atoms with Crippen LogP contribution in [0.15, 0.2) is 39.6 Å². The van der Waals surface area contributed by atoms with Gasteiger partial charge in [-0.2, -0.15) is 0 Å². The maximum absolute atomic E-state index is 12.9. The van der Waals surface area contributed by atoms with Crippen molar-refractivity contribution in [3.05, 3.63) is 61.9 Å². The van der Waals surface area contributed by atoms with Gasteiger partial charge in [0.05, 0.1) is 5.70 Å². The van der Waals surface area contributed by atoms with Gasteiger partial charge in [0.2, 0.25) is 5.78 Å². The van der Waals surface area contributed by atoms with Crippen LogP contribution in [-0.2, 0) is 13.6 Å². The molecular weight excluding hydrogens is 380 g/mol. The number of aromatic nitrogens is 2. The molecule has 0 atom stereocenters. The summed E-state index contributed by atoms with van der Waals surface area (Å²) in [5.74, 6) is -0.0759. The number of allylic oxidation sites excluding steroid dienone is 1. The normalized spacial score (nSPS) is 14.1. The molecule has 0 bridgehead atoms. The molecule has 1 aromatic heterocycles. The van der Waals surface area contributed by atoms with Gasteiger partial charge < -0.3 is 10.2 Å². The predicted molar refractivity (Wildman–Crippen MR) is 121 cm³/mol. The number of Topliss-reactive ketones (excluding diaryl/α,β-unsaturated/α-hetero) is 1. The third-order valence-corrected chi connectivity index (χ3v) is 5.27. The van der Waals surface area contributed by atoms with Gasteiger partial charge in [-0.3, -0.25) is 18.7 Å². The largest absolute Gasteiger partial charge is 0.372 e. The van der Waals surface area contributed by atoms with Crippen molar-refractivity contribution in [2.24, 2.45) is 7.05 Å². The van der Waals surface area contributed by atoms with Crippen LogP contribution in [0.25, 0.3) is 6.08 Å². The average Bonchev–Trinajstić information content (AvgIpc) is 3.06. The van der Waals surface area contributed by atoms with Crippen molar-refractivity contribution in [2.45, 2.75) is 46.6 Å². The van der Waals surface area contributed by atoms with E-state index in [1.54, 1.807) is 6.08 Å². The van der Waals surface area contributed by atoms with Gasteiger partial charge in [-0.25, -0.2) is 4.79 Å². The van der Waals surface area contributed by atoms with Gasteiger partial charge in [0.1, 0.15) is 11.4 Å².